The van der Waals surface area contributed by atoms with Gasteiger partial charge in [0.25, 0.3) is 0 Å². The third kappa shape index (κ3) is 4.48. The molecular weight excluding hydrogens is 190 g/mol. The van der Waals surface area contributed by atoms with Crippen LogP contribution in [0.2, 0.25) is 0 Å². The van der Waals surface area contributed by atoms with Gasteiger partial charge in [0.15, 0.2) is 0 Å². The fourth-order valence-corrected chi connectivity index (χ4v) is 1.57. The van der Waals surface area contributed by atoms with E-state index in [0.717, 1.165) is 32.6 Å². The molecule has 0 aromatic heterocycles. The zero-order valence-electron chi connectivity index (χ0n) is 7.72. The van der Waals surface area contributed by atoms with Gasteiger partial charge in [-0.2, -0.15) is 0 Å². The van der Waals surface area contributed by atoms with Crippen molar-refractivity contribution in [1.82, 2.24) is 5.32 Å². The van der Waals surface area contributed by atoms with Gasteiger partial charge in [-0.25, -0.2) is 0 Å². The van der Waals surface area contributed by atoms with E-state index >= 15 is 0 Å². The van der Waals surface area contributed by atoms with Crippen molar-refractivity contribution >= 4 is 17.5 Å². The molecule has 1 atom stereocenters. The summed E-state index contributed by atoms with van der Waals surface area (Å²) in [5.41, 5.74) is 0. The predicted molar refractivity (Wildman–Crippen MR) is 51.9 cm³/mol. The minimum atomic E-state index is 0.0499. The summed E-state index contributed by atoms with van der Waals surface area (Å²) < 4.78 is 5.23. The maximum absolute atomic E-state index is 11.0. The minimum Gasteiger partial charge on any atom is -0.381 e. The molecule has 0 spiro atoms. The second-order valence-electron chi connectivity index (χ2n) is 3.31. The SMILES string of the molecule is O=C(CCCl)NCCC1CCOC1. The highest BCUT2D eigenvalue weighted by molar-refractivity contribution is 6.18. The number of amides is 1. The van der Waals surface area contributed by atoms with Gasteiger partial charge in [0.2, 0.25) is 5.91 Å². The van der Waals surface area contributed by atoms with Crippen LogP contribution in [0.25, 0.3) is 0 Å². The van der Waals surface area contributed by atoms with Gasteiger partial charge in [-0.05, 0) is 18.8 Å². The molecule has 0 aromatic carbocycles. The summed E-state index contributed by atoms with van der Waals surface area (Å²) in [6, 6.07) is 0. The topological polar surface area (TPSA) is 38.3 Å². The molecule has 0 aromatic rings. The summed E-state index contributed by atoms with van der Waals surface area (Å²) in [7, 11) is 0. The number of halogens is 1. The van der Waals surface area contributed by atoms with E-state index in [-0.39, 0.29) is 5.91 Å². The summed E-state index contributed by atoms with van der Waals surface area (Å²) in [5.74, 6) is 1.09. The van der Waals surface area contributed by atoms with E-state index in [4.69, 9.17) is 16.3 Å². The second-order valence-corrected chi connectivity index (χ2v) is 3.69. The van der Waals surface area contributed by atoms with Gasteiger partial charge in [-0.1, -0.05) is 0 Å². The average Bonchev–Trinajstić information content (AvgIpc) is 2.57. The van der Waals surface area contributed by atoms with Crippen molar-refractivity contribution in [2.45, 2.75) is 19.3 Å². The van der Waals surface area contributed by atoms with Crippen LogP contribution >= 0.6 is 11.6 Å². The largest absolute Gasteiger partial charge is 0.381 e. The molecule has 0 bridgehead atoms. The van der Waals surface area contributed by atoms with Crippen LogP contribution in [-0.2, 0) is 9.53 Å². The van der Waals surface area contributed by atoms with Gasteiger partial charge < -0.3 is 10.1 Å². The van der Waals surface area contributed by atoms with Crippen molar-refractivity contribution in [3.8, 4) is 0 Å². The van der Waals surface area contributed by atoms with Crippen LogP contribution in [0, 0.1) is 5.92 Å². The van der Waals surface area contributed by atoms with Crippen LogP contribution in [0.15, 0.2) is 0 Å². The van der Waals surface area contributed by atoms with E-state index in [9.17, 15) is 4.79 Å². The summed E-state index contributed by atoms with van der Waals surface area (Å²) in [6.07, 6.45) is 2.57. The van der Waals surface area contributed by atoms with E-state index in [0.29, 0.717) is 18.2 Å². The fourth-order valence-electron chi connectivity index (χ4n) is 1.40. The molecule has 1 aliphatic heterocycles. The number of ether oxygens (including phenoxy) is 1. The van der Waals surface area contributed by atoms with Gasteiger partial charge in [0.05, 0.1) is 0 Å². The van der Waals surface area contributed by atoms with E-state index in [1.807, 2.05) is 0 Å². The Bertz CT molecular complexity index is 158. The maximum Gasteiger partial charge on any atom is 0.221 e. The first-order chi connectivity index (χ1) is 6.33. The molecule has 0 radical (unpaired) electrons. The van der Waals surface area contributed by atoms with E-state index in [1.165, 1.54) is 0 Å². The van der Waals surface area contributed by atoms with Crippen molar-refractivity contribution in [3.63, 3.8) is 0 Å². The van der Waals surface area contributed by atoms with Gasteiger partial charge in [0.1, 0.15) is 0 Å². The molecular formula is C9H16ClNO2. The normalized spacial score (nSPS) is 21.8. The monoisotopic (exact) mass is 205 g/mol. The number of carbonyl (C=O) groups excluding carboxylic acids is 1. The molecule has 3 nitrogen and oxygen atoms in total. The molecule has 1 N–H and O–H groups in total. The fraction of sp³-hybridized carbons (Fsp3) is 0.889. The number of hydrogen-bond donors (Lipinski definition) is 1. The first-order valence-corrected chi connectivity index (χ1v) is 5.27. The Morgan fingerprint density at radius 1 is 1.62 bits per heavy atom. The van der Waals surface area contributed by atoms with Crippen molar-refractivity contribution in [1.29, 1.82) is 0 Å². The number of alkyl halides is 1. The van der Waals surface area contributed by atoms with E-state index < -0.39 is 0 Å². The number of hydrogen-bond acceptors (Lipinski definition) is 2. The predicted octanol–water partition coefficient (Wildman–Crippen LogP) is 1.16. The molecule has 0 aliphatic carbocycles. The van der Waals surface area contributed by atoms with E-state index in [2.05, 4.69) is 5.32 Å². The van der Waals surface area contributed by atoms with Crippen LogP contribution in [0.5, 0.6) is 0 Å². The molecule has 1 unspecified atom stereocenters. The summed E-state index contributed by atoms with van der Waals surface area (Å²) in [6.45, 7) is 2.48. The van der Waals surface area contributed by atoms with Crippen LogP contribution in [-0.4, -0.2) is 31.5 Å². The highest BCUT2D eigenvalue weighted by atomic mass is 35.5. The van der Waals surface area contributed by atoms with Crippen molar-refractivity contribution < 1.29 is 9.53 Å². The molecule has 1 saturated heterocycles. The van der Waals surface area contributed by atoms with Crippen LogP contribution < -0.4 is 5.32 Å². The molecule has 1 fully saturated rings. The zero-order chi connectivity index (χ0) is 9.52. The van der Waals surface area contributed by atoms with Gasteiger partial charge in [0, 0.05) is 32.1 Å². The lowest BCUT2D eigenvalue weighted by Crippen LogP contribution is -2.26. The van der Waals surface area contributed by atoms with Gasteiger partial charge in [-0.3, -0.25) is 4.79 Å². The number of carbonyl (C=O) groups is 1. The highest BCUT2D eigenvalue weighted by Gasteiger charge is 2.14. The average molecular weight is 206 g/mol. The van der Waals surface area contributed by atoms with E-state index in [1.54, 1.807) is 0 Å². The Morgan fingerprint density at radius 3 is 3.08 bits per heavy atom. The standard InChI is InChI=1S/C9H16ClNO2/c10-4-1-9(12)11-5-2-8-3-6-13-7-8/h8H,1-7H2,(H,11,12). The molecule has 1 amide bonds. The molecule has 4 heteroatoms. The van der Waals surface area contributed by atoms with Crippen molar-refractivity contribution in [2.75, 3.05) is 25.6 Å². The Balaban J connectivity index is 1.96. The van der Waals surface area contributed by atoms with Crippen LogP contribution in [0.4, 0.5) is 0 Å². The third-order valence-electron chi connectivity index (χ3n) is 2.22. The van der Waals surface area contributed by atoms with Crippen molar-refractivity contribution in [2.24, 2.45) is 5.92 Å². The Hall–Kier alpha value is -0.280. The smallest absolute Gasteiger partial charge is 0.221 e. The minimum absolute atomic E-state index is 0.0499. The van der Waals surface area contributed by atoms with Crippen molar-refractivity contribution in [3.05, 3.63) is 0 Å². The Kier molecular flexibility index (Phi) is 5.16. The van der Waals surface area contributed by atoms with Crippen LogP contribution in [0.1, 0.15) is 19.3 Å². The summed E-state index contributed by atoms with van der Waals surface area (Å²) in [4.78, 5) is 11.0. The first kappa shape index (κ1) is 10.8. The lowest BCUT2D eigenvalue weighted by Gasteiger charge is -2.07. The molecule has 76 valence electrons. The molecule has 13 heavy (non-hydrogen) atoms. The van der Waals surface area contributed by atoms with Gasteiger partial charge in [-0.15, -0.1) is 11.6 Å². The Morgan fingerprint density at radius 2 is 2.46 bits per heavy atom. The molecule has 1 rings (SSSR count). The molecule has 0 saturated carbocycles. The third-order valence-corrected chi connectivity index (χ3v) is 2.41. The number of nitrogens with one attached hydrogen (secondary N) is 1. The van der Waals surface area contributed by atoms with Gasteiger partial charge >= 0.3 is 0 Å². The highest BCUT2D eigenvalue weighted by Crippen LogP contribution is 2.14. The zero-order valence-corrected chi connectivity index (χ0v) is 8.48. The quantitative estimate of drug-likeness (QED) is 0.685. The maximum atomic E-state index is 11.0. The lowest BCUT2D eigenvalue weighted by molar-refractivity contribution is -0.120. The molecule has 1 heterocycles. The van der Waals surface area contributed by atoms with Crippen LogP contribution in [0.3, 0.4) is 0 Å². The first-order valence-electron chi connectivity index (χ1n) is 4.73. The molecule has 1 aliphatic rings. The lowest BCUT2D eigenvalue weighted by atomic mass is 10.1. The summed E-state index contributed by atoms with van der Waals surface area (Å²) in [5, 5.41) is 2.83. The number of rotatable bonds is 5. The Labute approximate surface area is 83.8 Å². The second kappa shape index (κ2) is 6.22. The summed E-state index contributed by atoms with van der Waals surface area (Å²) >= 11 is 5.42.